The second-order valence-corrected chi connectivity index (χ2v) is 6.67. The summed E-state index contributed by atoms with van der Waals surface area (Å²) in [6.45, 7) is 1.23. The Labute approximate surface area is 155 Å². The van der Waals surface area contributed by atoms with Crippen LogP contribution in [0.3, 0.4) is 0 Å². The van der Waals surface area contributed by atoms with Crippen LogP contribution in [0.5, 0.6) is 5.88 Å². The number of urea groups is 1. The van der Waals surface area contributed by atoms with Crippen molar-refractivity contribution in [2.24, 2.45) is 0 Å². The van der Waals surface area contributed by atoms with Crippen molar-refractivity contribution >= 4 is 33.3 Å². The van der Waals surface area contributed by atoms with E-state index in [2.05, 4.69) is 15.3 Å². The molecule has 2 amide bonds. The fourth-order valence-corrected chi connectivity index (χ4v) is 3.32. The molecule has 0 saturated heterocycles. The smallest absolute Gasteiger partial charge is 0.322 e. The molecule has 3 aromatic rings. The molecule has 26 heavy (non-hydrogen) atoms. The van der Waals surface area contributed by atoms with Gasteiger partial charge in [0.25, 0.3) is 0 Å². The van der Waals surface area contributed by atoms with Gasteiger partial charge in [0.05, 0.1) is 23.4 Å². The van der Waals surface area contributed by atoms with E-state index in [9.17, 15) is 4.79 Å². The average Bonchev–Trinajstić information content (AvgIpc) is 3.05. The number of thiazole rings is 1. The largest absolute Gasteiger partial charge is 0.474 e. The zero-order valence-corrected chi connectivity index (χ0v) is 15.5. The Balaban J connectivity index is 1.64. The van der Waals surface area contributed by atoms with Crippen LogP contribution in [0.2, 0.25) is 0 Å². The van der Waals surface area contributed by atoms with Gasteiger partial charge >= 0.3 is 6.03 Å². The van der Waals surface area contributed by atoms with E-state index in [4.69, 9.17) is 9.47 Å². The normalized spacial score (nSPS) is 10.7. The standard InChI is InChI=1S/C18H20N4O3S/c1-22(12-16-20-13-6-3-4-8-15(13)26-16)18(23)21-14-7-5-9-19-17(14)25-11-10-24-2/h3-9H,10-12H2,1-2H3,(H,21,23). The summed E-state index contributed by atoms with van der Waals surface area (Å²) in [7, 11) is 3.32. The van der Waals surface area contributed by atoms with Gasteiger partial charge < -0.3 is 19.7 Å². The third-order valence-electron chi connectivity index (χ3n) is 3.60. The van der Waals surface area contributed by atoms with Gasteiger partial charge in [0.1, 0.15) is 17.3 Å². The maximum absolute atomic E-state index is 12.5. The highest BCUT2D eigenvalue weighted by atomic mass is 32.1. The number of benzene rings is 1. The Kier molecular flexibility index (Phi) is 5.98. The number of fused-ring (bicyclic) bond motifs is 1. The van der Waals surface area contributed by atoms with Gasteiger partial charge in [-0.25, -0.2) is 14.8 Å². The average molecular weight is 372 g/mol. The number of methoxy groups -OCH3 is 1. The first-order valence-corrected chi connectivity index (χ1v) is 8.92. The highest BCUT2D eigenvalue weighted by Crippen LogP contribution is 2.24. The number of para-hydroxylation sites is 1. The van der Waals surface area contributed by atoms with Crippen molar-refractivity contribution in [3.05, 3.63) is 47.6 Å². The number of carbonyl (C=O) groups is 1. The lowest BCUT2D eigenvalue weighted by Crippen LogP contribution is -2.31. The number of carbonyl (C=O) groups excluding carboxylic acids is 1. The topological polar surface area (TPSA) is 76.6 Å². The molecule has 0 atom stereocenters. The molecule has 2 heterocycles. The van der Waals surface area contributed by atoms with Crippen LogP contribution in [0.4, 0.5) is 10.5 Å². The number of nitrogens with one attached hydrogen (secondary N) is 1. The Morgan fingerprint density at radius 2 is 2.08 bits per heavy atom. The molecule has 0 fully saturated rings. The minimum Gasteiger partial charge on any atom is -0.474 e. The molecule has 0 bridgehead atoms. The lowest BCUT2D eigenvalue weighted by Gasteiger charge is -2.17. The first kappa shape index (κ1) is 18.1. The molecule has 0 spiro atoms. The van der Waals surface area contributed by atoms with Crippen LogP contribution in [-0.2, 0) is 11.3 Å². The van der Waals surface area contributed by atoms with Gasteiger partial charge in [0.15, 0.2) is 0 Å². The molecule has 0 radical (unpaired) electrons. The number of hydrogen-bond donors (Lipinski definition) is 1. The number of amides is 2. The van der Waals surface area contributed by atoms with E-state index in [0.29, 0.717) is 31.3 Å². The van der Waals surface area contributed by atoms with Crippen molar-refractivity contribution in [3.63, 3.8) is 0 Å². The van der Waals surface area contributed by atoms with Gasteiger partial charge in [0, 0.05) is 20.4 Å². The summed E-state index contributed by atoms with van der Waals surface area (Å²) in [5.41, 5.74) is 1.46. The lowest BCUT2D eigenvalue weighted by atomic mass is 10.3. The summed E-state index contributed by atoms with van der Waals surface area (Å²) in [6, 6.07) is 11.2. The molecule has 8 heteroatoms. The monoisotopic (exact) mass is 372 g/mol. The Morgan fingerprint density at radius 1 is 1.23 bits per heavy atom. The summed E-state index contributed by atoms with van der Waals surface area (Å²) in [4.78, 5) is 22.8. The molecular weight excluding hydrogens is 352 g/mol. The van der Waals surface area contributed by atoms with Crippen LogP contribution in [0.25, 0.3) is 10.2 Å². The summed E-state index contributed by atoms with van der Waals surface area (Å²) in [5.74, 6) is 0.367. The van der Waals surface area contributed by atoms with Crippen LogP contribution < -0.4 is 10.1 Å². The summed E-state index contributed by atoms with van der Waals surface area (Å²) in [6.07, 6.45) is 1.61. The second-order valence-electron chi connectivity index (χ2n) is 5.56. The summed E-state index contributed by atoms with van der Waals surface area (Å²) >= 11 is 1.58. The molecule has 1 aromatic carbocycles. The van der Waals surface area contributed by atoms with Crippen molar-refractivity contribution in [1.29, 1.82) is 0 Å². The number of nitrogens with zero attached hydrogens (tertiary/aromatic N) is 3. The number of aromatic nitrogens is 2. The summed E-state index contributed by atoms with van der Waals surface area (Å²) < 4.78 is 11.6. The van der Waals surface area contributed by atoms with Crippen LogP contribution in [-0.4, -0.2) is 48.3 Å². The fraction of sp³-hybridized carbons (Fsp3) is 0.278. The van der Waals surface area contributed by atoms with Crippen molar-refractivity contribution < 1.29 is 14.3 Å². The molecule has 0 aliphatic carbocycles. The Morgan fingerprint density at radius 3 is 2.88 bits per heavy atom. The number of anilines is 1. The minimum atomic E-state index is -0.256. The van der Waals surface area contributed by atoms with E-state index in [0.717, 1.165) is 15.2 Å². The van der Waals surface area contributed by atoms with Gasteiger partial charge in [-0.05, 0) is 24.3 Å². The van der Waals surface area contributed by atoms with E-state index in [1.165, 1.54) is 0 Å². The highest BCUT2D eigenvalue weighted by molar-refractivity contribution is 7.18. The first-order chi connectivity index (χ1) is 12.7. The number of hydrogen-bond acceptors (Lipinski definition) is 6. The number of ether oxygens (including phenoxy) is 2. The predicted molar refractivity (Wildman–Crippen MR) is 102 cm³/mol. The summed E-state index contributed by atoms with van der Waals surface area (Å²) in [5, 5.41) is 3.71. The maximum atomic E-state index is 12.5. The Bertz CT molecular complexity index is 851. The predicted octanol–water partition coefficient (Wildman–Crippen LogP) is 3.38. The van der Waals surface area contributed by atoms with E-state index in [-0.39, 0.29) is 6.03 Å². The van der Waals surface area contributed by atoms with Crippen LogP contribution in [0.15, 0.2) is 42.6 Å². The SMILES string of the molecule is COCCOc1ncccc1NC(=O)N(C)Cc1nc2ccccc2s1. The van der Waals surface area contributed by atoms with Crippen LogP contribution in [0.1, 0.15) is 5.01 Å². The van der Waals surface area contributed by atoms with Gasteiger partial charge in [-0.2, -0.15) is 0 Å². The molecule has 3 rings (SSSR count). The van der Waals surface area contributed by atoms with Gasteiger partial charge in [0.2, 0.25) is 5.88 Å². The molecule has 1 N–H and O–H groups in total. The first-order valence-electron chi connectivity index (χ1n) is 8.10. The van der Waals surface area contributed by atoms with E-state index >= 15 is 0 Å². The second kappa shape index (κ2) is 8.59. The molecule has 0 aliphatic rings. The van der Waals surface area contributed by atoms with Gasteiger partial charge in [-0.3, -0.25) is 0 Å². The number of pyridine rings is 1. The highest BCUT2D eigenvalue weighted by Gasteiger charge is 2.15. The quantitative estimate of drug-likeness (QED) is 0.644. The van der Waals surface area contributed by atoms with Gasteiger partial charge in [-0.1, -0.05) is 12.1 Å². The molecular formula is C18H20N4O3S. The van der Waals surface area contributed by atoms with Crippen LogP contribution >= 0.6 is 11.3 Å². The maximum Gasteiger partial charge on any atom is 0.322 e. The number of rotatable bonds is 7. The third kappa shape index (κ3) is 4.47. The molecule has 0 aliphatic heterocycles. The zero-order chi connectivity index (χ0) is 18.4. The van der Waals surface area contributed by atoms with Crippen molar-refractivity contribution in [3.8, 4) is 5.88 Å². The van der Waals surface area contributed by atoms with Gasteiger partial charge in [-0.15, -0.1) is 11.3 Å². The van der Waals surface area contributed by atoms with Crippen LogP contribution in [0, 0.1) is 0 Å². The molecule has 0 unspecified atom stereocenters. The van der Waals surface area contributed by atoms with E-state index < -0.39 is 0 Å². The lowest BCUT2D eigenvalue weighted by molar-refractivity contribution is 0.144. The molecule has 7 nitrogen and oxygen atoms in total. The molecule has 136 valence electrons. The fourth-order valence-electron chi connectivity index (χ4n) is 2.30. The molecule has 2 aromatic heterocycles. The van der Waals surface area contributed by atoms with Crippen molar-refractivity contribution in [2.75, 3.05) is 32.7 Å². The zero-order valence-electron chi connectivity index (χ0n) is 14.6. The minimum absolute atomic E-state index is 0.256. The molecule has 0 saturated carbocycles. The van der Waals surface area contributed by atoms with E-state index in [1.807, 2.05) is 24.3 Å². The van der Waals surface area contributed by atoms with E-state index in [1.54, 1.807) is 48.7 Å². The van der Waals surface area contributed by atoms with Crippen molar-refractivity contribution in [1.82, 2.24) is 14.9 Å². The Hall–Kier alpha value is -2.71. The van der Waals surface area contributed by atoms with Crippen molar-refractivity contribution in [2.45, 2.75) is 6.54 Å². The third-order valence-corrected chi connectivity index (χ3v) is 4.62.